The Morgan fingerprint density at radius 1 is 0.714 bits per heavy atom. The van der Waals surface area contributed by atoms with Gasteiger partial charge in [-0.15, -0.1) is 6.58 Å². The molecule has 1 unspecified atom stereocenters. The second-order valence-electron chi connectivity index (χ2n) is 10.5. The molecular weight excluding hydrogens is 528 g/mol. The third-order valence-electron chi connectivity index (χ3n) is 6.99. The number of hydrogen-bond acceptors (Lipinski definition) is 6. The molecular formula is C36H44O6. The Labute approximate surface area is 250 Å². The fourth-order valence-corrected chi connectivity index (χ4v) is 4.16. The van der Waals surface area contributed by atoms with Crippen LogP contribution < -0.4 is 9.47 Å². The first-order chi connectivity index (χ1) is 20.5. The average Bonchev–Trinajstić information content (AvgIpc) is 3.03. The van der Waals surface area contributed by atoms with Gasteiger partial charge in [-0.25, -0.2) is 9.59 Å². The molecule has 0 heterocycles. The first-order valence-corrected chi connectivity index (χ1v) is 15.0. The number of hydrogen-bond donors (Lipinski definition) is 0. The Morgan fingerprint density at radius 3 is 1.86 bits per heavy atom. The van der Waals surface area contributed by atoms with Crippen LogP contribution >= 0.6 is 0 Å². The van der Waals surface area contributed by atoms with Crippen LogP contribution in [-0.2, 0) is 9.47 Å². The fourth-order valence-electron chi connectivity index (χ4n) is 4.16. The van der Waals surface area contributed by atoms with Gasteiger partial charge in [0.15, 0.2) is 0 Å². The largest absolute Gasteiger partial charge is 0.494 e. The molecule has 0 fully saturated rings. The van der Waals surface area contributed by atoms with Crippen molar-refractivity contribution < 1.29 is 28.5 Å². The molecule has 0 aliphatic heterocycles. The van der Waals surface area contributed by atoms with Gasteiger partial charge in [-0.2, -0.15) is 0 Å². The summed E-state index contributed by atoms with van der Waals surface area (Å²) in [4.78, 5) is 24.9. The number of carbonyl (C=O) groups excluding carboxylic acids is 2. The number of rotatable bonds is 19. The first-order valence-electron chi connectivity index (χ1n) is 15.0. The third-order valence-corrected chi connectivity index (χ3v) is 6.99. The van der Waals surface area contributed by atoms with Gasteiger partial charge >= 0.3 is 11.9 Å². The Kier molecular flexibility index (Phi) is 14.4. The molecule has 3 aromatic carbocycles. The molecule has 0 N–H and O–H groups in total. The topological polar surface area (TPSA) is 71.1 Å². The van der Waals surface area contributed by atoms with Crippen LogP contribution in [0, 0.1) is 5.92 Å². The van der Waals surface area contributed by atoms with E-state index in [0.29, 0.717) is 42.6 Å². The summed E-state index contributed by atoms with van der Waals surface area (Å²) in [6.07, 6.45) is 9.56. The van der Waals surface area contributed by atoms with Crippen LogP contribution in [-0.4, -0.2) is 38.4 Å². The number of benzene rings is 3. The Hall–Kier alpha value is -3.90. The van der Waals surface area contributed by atoms with Crippen LogP contribution in [0.1, 0.15) is 79.5 Å². The molecule has 6 heteroatoms. The minimum atomic E-state index is -0.426. The van der Waals surface area contributed by atoms with Crippen LogP contribution in [0.3, 0.4) is 0 Å². The average molecular weight is 573 g/mol. The van der Waals surface area contributed by atoms with Crippen molar-refractivity contribution in [3.05, 3.63) is 96.6 Å². The molecule has 42 heavy (non-hydrogen) atoms. The van der Waals surface area contributed by atoms with Gasteiger partial charge in [0, 0.05) is 6.61 Å². The lowest BCUT2D eigenvalue weighted by atomic mass is 10.0. The number of carbonyl (C=O) groups is 2. The van der Waals surface area contributed by atoms with E-state index in [1.165, 1.54) is 19.3 Å². The summed E-state index contributed by atoms with van der Waals surface area (Å²) in [5.41, 5.74) is 2.88. The normalized spacial score (nSPS) is 11.5. The molecule has 0 spiro atoms. The molecule has 3 aromatic rings. The van der Waals surface area contributed by atoms with Crippen LogP contribution in [0.2, 0.25) is 0 Å². The zero-order valence-corrected chi connectivity index (χ0v) is 25.0. The van der Waals surface area contributed by atoms with Gasteiger partial charge < -0.3 is 18.9 Å². The van der Waals surface area contributed by atoms with Crippen molar-refractivity contribution in [2.75, 3.05) is 26.4 Å². The van der Waals surface area contributed by atoms with Crippen molar-refractivity contribution in [3.63, 3.8) is 0 Å². The standard InChI is InChI=1S/C36H44O6/c1-4-24-39-25-10-8-6-7-9-11-26-40-33-20-18-32(19-21-33)36(38)42-34-22-16-30(17-23-34)29-12-14-31(15-13-29)35(37)41-27-28(3)5-2/h4,12-23,28H,1,5-11,24-27H2,2-3H3. The van der Waals surface area contributed by atoms with E-state index in [4.69, 9.17) is 18.9 Å². The molecule has 0 aliphatic carbocycles. The maximum absolute atomic E-state index is 12.6. The summed E-state index contributed by atoms with van der Waals surface area (Å²) in [5, 5.41) is 0. The minimum absolute atomic E-state index is 0.313. The summed E-state index contributed by atoms with van der Waals surface area (Å²) >= 11 is 0. The maximum atomic E-state index is 12.6. The SMILES string of the molecule is C=CCOCCCCCCCCOc1ccc(C(=O)Oc2ccc(-c3ccc(C(=O)OCC(C)CC)cc3)cc2)cc1. The van der Waals surface area contributed by atoms with E-state index in [9.17, 15) is 9.59 Å². The third kappa shape index (κ3) is 11.5. The van der Waals surface area contributed by atoms with Gasteiger partial charge in [0.2, 0.25) is 0 Å². The van der Waals surface area contributed by atoms with Crippen molar-refractivity contribution >= 4 is 11.9 Å². The predicted octanol–water partition coefficient (Wildman–Crippen LogP) is 8.70. The zero-order valence-electron chi connectivity index (χ0n) is 25.0. The minimum Gasteiger partial charge on any atom is -0.494 e. The van der Waals surface area contributed by atoms with Gasteiger partial charge in [-0.3, -0.25) is 0 Å². The van der Waals surface area contributed by atoms with E-state index < -0.39 is 5.97 Å². The lowest BCUT2D eigenvalue weighted by Crippen LogP contribution is -2.11. The Morgan fingerprint density at radius 2 is 1.24 bits per heavy atom. The summed E-state index contributed by atoms with van der Waals surface area (Å²) in [7, 11) is 0. The van der Waals surface area contributed by atoms with Gasteiger partial charge in [-0.1, -0.05) is 76.3 Å². The predicted molar refractivity (Wildman–Crippen MR) is 167 cm³/mol. The van der Waals surface area contributed by atoms with E-state index in [1.54, 1.807) is 54.6 Å². The van der Waals surface area contributed by atoms with Crippen molar-refractivity contribution in [1.82, 2.24) is 0 Å². The lowest BCUT2D eigenvalue weighted by molar-refractivity contribution is 0.0447. The van der Waals surface area contributed by atoms with E-state index >= 15 is 0 Å². The number of esters is 2. The molecule has 0 amide bonds. The molecule has 0 aromatic heterocycles. The quantitative estimate of drug-likeness (QED) is 0.0619. The summed E-state index contributed by atoms with van der Waals surface area (Å²) < 4.78 is 22.1. The van der Waals surface area contributed by atoms with E-state index in [2.05, 4.69) is 20.4 Å². The summed E-state index contributed by atoms with van der Waals surface area (Å²) in [6, 6.07) is 21.6. The molecule has 0 bridgehead atoms. The smallest absolute Gasteiger partial charge is 0.343 e. The highest BCUT2D eigenvalue weighted by Crippen LogP contribution is 2.24. The van der Waals surface area contributed by atoms with Gasteiger partial charge in [0.05, 0.1) is 30.9 Å². The highest BCUT2D eigenvalue weighted by Gasteiger charge is 2.11. The molecule has 0 radical (unpaired) electrons. The maximum Gasteiger partial charge on any atom is 0.343 e. The van der Waals surface area contributed by atoms with Crippen LogP contribution in [0.15, 0.2) is 85.5 Å². The van der Waals surface area contributed by atoms with Crippen LogP contribution in [0.4, 0.5) is 0 Å². The van der Waals surface area contributed by atoms with Crippen LogP contribution in [0.5, 0.6) is 11.5 Å². The van der Waals surface area contributed by atoms with E-state index in [1.807, 2.05) is 24.3 Å². The highest BCUT2D eigenvalue weighted by atomic mass is 16.5. The van der Waals surface area contributed by atoms with Gasteiger partial charge in [0.1, 0.15) is 11.5 Å². The van der Waals surface area contributed by atoms with E-state index in [0.717, 1.165) is 49.2 Å². The Bertz CT molecular complexity index is 1220. The second-order valence-corrected chi connectivity index (χ2v) is 10.5. The van der Waals surface area contributed by atoms with E-state index in [-0.39, 0.29) is 5.97 Å². The lowest BCUT2D eigenvalue weighted by Gasteiger charge is -2.10. The second kappa shape index (κ2) is 18.5. The van der Waals surface area contributed by atoms with Crippen molar-refractivity contribution in [2.24, 2.45) is 5.92 Å². The monoisotopic (exact) mass is 572 g/mol. The Balaban J connectivity index is 1.37. The summed E-state index contributed by atoms with van der Waals surface area (Å²) in [5.74, 6) is 0.800. The van der Waals surface area contributed by atoms with Gasteiger partial charge in [-0.05, 0) is 78.4 Å². The van der Waals surface area contributed by atoms with Crippen LogP contribution in [0.25, 0.3) is 11.1 Å². The highest BCUT2D eigenvalue weighted by molar-refractivity contribution is 5.91. The molecule has 0 saturated carbocycles. The summed E-state index contributed by atoms with van der Waals surface area (Å²) in [6.45, 7) is 10.3. The molecule has 1 atom stereocenters. The number of ether oxygens (including phenoxy) is 4. The van der Waals surface area contributed by atoms with Crippen molar-refractivity contribution in [2.45, 2.75) is 58.8 Å². The van der Waals surface area contributed by atoms with Gasteiger partial charge in [0.25, 0.3) is 0 Å². The first kappa shape index (κ1) is 32.6. The molecule has 3 rings (SSSR count). The van der Waals surface area contributed by atoms with Crippen molar-refractivity contribution in [3.8, 4) is 22.6 Å². The zero-order chi connectivity index (χ0) is 30.0. The fraction of sp³-hybridized carbons (Fsp3) is 0.389. The van der Waals surface area contributed by atoms with Crippen molar-refractivity contribution in [1.29, 1.82) is 0 Å². The number of unbranched alkanes of at least 4 members (excludes halogenated alkanes) is 5. The molecule has 224 valence electrons. The molecule has 6 nitrogen and oxygen atoms in total. The molecule has 0 saturated heterocycles. The molecule has 0 aliphatic rings.